The molecule has 4 rings (SSSR count). The maximum Gasteiger partial charge on any atom is 0.339 e. The summed E-state index contributed by atoms with van der Waals surface area (Å²) < 4.78 is 36.1. The summed E-state index contributed by atoms with van der Waals surface area (Å²) in [7, 11) is -4.01. The van der Waals surface area contributed by atoms with Crippen LogP contribution in [0.5, 0.6) is 11.5 Å². The molecule has 8 heteroatoms. The minimum absolute atomic E-state index is 0.0383. The number of hydrogen-bond donors (Lipinski definition) is 1. The van der Waals surface area contributed by atoms with Crippen molar-refractivity contribution in [1.82, 2.24) is 5.43 Å². The maximum atomic E-state index is 12.5. The average molecular weight is 501 g/mol. The van der Waals surface area contributed by atoms with Gasteiger partial charge in [0.15, 0.2) is 5.75 Å². The van der Waals surface area contributed by atoms with E-state index in [0.717, 1.165) is 5.56 Å². The Bertz CT molecular complexity index is 1450. The molecule has 0 fully saturated rings. The first-order valence-electron chi connectivity index (χ1n) is 11.1. The molecule has 0 saturated carbocycles. The molecule has 4 aromatic carbocycles. The van der Waals surface area contributed by atoms with Crippen LogP contribution in [0, 0.1) is 6.92 Å². The molecule has 0 atom stereocenters. The van der Waals surface area contributed by atoms with Crippen molar-refractivity contribution in [1.29, 1.82) is 0 Å². The molecule has 36 heavy (non-hydrogen) atoms. The highest BCUT2D eigenvalue weighted by molar-refractivity contribution is 7.87. The van der Waals surface area contributed by atoms with Crippen LogP contribution in [0.15, 0.2) is 113 Å². The van der Waals surface area contributed by atoms with E-state index in [0.29, 0.717) is 23.5 Å². The highest BCUT2D eigenvalue weighted by atomic mass is 32.2. The highest BCUT2D eigenvalue weighted by Gasteiger charge is 2.17. The number of nitrogens with one attached hydrogen (secondary N) is 1. The normalized spacial score (nSPS) is 11.2. The van der Waals surface area contributed by atoms with Crippen molar-refractivity contribution in [2.45, 2.75) is 18.4 Å². The molecular weight excluding hydrogens is 476 g/mol. The third-order valence-electron chi connectivity index (χ3n) is 5.16. The van der Waals surface area contributed by atoms with Crippen LogP contribution in [0.1, 0.15) is 27.0 Å². The molecule has 182 valence electrons. The van der Waals surface area contributed by atoms with Crippen LogP contribution in [0.2, 0.25) is 0 Å². The van der Waals surface area contributed by atoms with Gasteiger partial charge in [0.2, 0.25) is 0 Å². The zero-order chi connectivity index (χ0) is 25.4. The SMILES string of the molecule is Cc1ccc(COc2ccc(C(=O)N/N=C/c3ccccc3OS(=O)(=O)c3ccccc3)cc2)cc1. The summed E-state index contributed by atoms with van der Waals surface area (Å²) in [4.78, 5) is 12.5. The second-order valence-electron chi connectivity index (χ2n) is 7.89. The summed E-state index contributed by atoms with van der Waals surface area (Å²) in [5.74, 6) is 0.308. The van der Waals surface area contributed by atoms with Gasteiger partial charge in [-0.25, -0.2) is 5.43 Å². The van der Waals surface area contributed by atoms with E-state index in [1.54, 1.807) is 60.7 Å². The van der Waals surface area contributed by atoms with E-state index < -0.39 is 16.0 Å². The Morgan fingerprint density at radius 1 is 0.861 bits per heavy atom. The van der Waals surface area contributed by atoms with Crippen molar-refractivity contribution in [3.05, 3.63) is 125 Å². The molecule has 1 amide bonds. The molecule has 0 saturated heterocycles. The van der Waals surface area contributed by atoms with Gasteiger partial charge < -0.3 is 8.92 Å². The number of benzene rings is 4. The van der Waals surface area contributed by atoms with Crippen molar-refractivity contribution in [2.24, 2.45) is 5.10 Å². The van der Waals surface area contributed by atoms with Gasteiger partial charge in [-0.1, -0.05) is 60.2 Å². The summed E-state index contributed by atoms with van der Waals surface area (Å²) in [5, 5.41) is 3.96. The van der Waals surface area contributed by atoms with Gasteiger partial charge in [-0.15, -0.1) is 0 Å². The van der Waals surface area contributed by atoms with Gasteiger partial charge in [0.1, 0.15) is 17.3 Å². The molecule has 0 unspecified atom stereocenters. The Morgan fingerprint density at radius 2 is 1.53 bits per heavy atom. The second-order valence-corrected chi connectivity index (χ2v) is 9.43. The topological polar surface area (TPSA) is 94.1 Å². The number of nitrogens with zero attached hydrogens (tertiary/aromatic N) is 1. The van der Waals surface area contributed by atoms with E-state index in [9.17, 15) is 13.2 Å². The van der Waals surface area contributed by atoms with E-state index >= 15 is 0 Å². The number of amides is 1. The molecule has 0 aliphatic carbocycles. The number of rotatable bonds is 9. The van der Waals surface area contributed by atoms with Gasteiger partial charge in [-0.2, -0.15) is 13.5 Å². The molecule has 4 aromatic rings. The monoisotopic (exact) mass is 500 g/mol. The largest absolute Gasteiger partial charge is 0.489 e. The lowest BCUT2D eigenvalue weighted by Gasteiger charge is -2.09. The first kappa shape index (κ1) is 24.7. The first-order valence-corrected chi connectivity index (χ1v) is 12.5. The van der Waals surface area contributed by atoms with E-state index in [-0.39, 0.29) is 10.6 Å². The lowest BCUT2D eigenvalue weighted by molar-refractivity contribution is 0.0955. The van der Waals surface area contributed by atoms with Crippen molar-refractivity contribution < 1.29 is 22.1 Å². The number of carbonyl (C=O) groups excluding carboxylic acids is 1. The summed E-state index contributed by atoms with van der Waals surface area (Å²) >= 11 is 0. The number of aryl methyl sites for hydroxylation is 1. The van der Waals surface area contributed by atoms with Crippen LogP contribution in [0.3, 0.4) is 0 Å². The third-order valence-corrected chi connectivity index (χ3v) is 6.41. The summed E-state index contributed by atoms with van der Waals surface area (Å²) in [6, 6.07) is 29.1. The standard InChI is InChI=1S/C28H24N2O5S/c1-21-11-13-22(14-12-21)20-34-25-17-15-23(16-18-25)28(31)30-29-19-24-7-5-6-10-27(24)35-36(32,33)26-8-3-2-4-9-26/h2-19H,20H2,1H3,(H,30,31)/b29-19+. The molecule has 0 radical (unpaired) electrons. The lowest BCUT2D eigenvalue weighted by atomic mass is 10.2. The molecule has 0 spiro atoms. The quantitative estimate of drug-likeness (QED) is 0.196. The van der Waals surface area contributed by atoms with Gasteiger partial charge in [-0.3, -0.25) is 4.79 Å². The Morgan fingerprint density at radius 3 is 2.25 bits per heavy atom. The number of hydrazone groups is 1. The van der Waals surface area contributed by atoms with Gasteiger partial charge in [0.05, 0.1) is 6.21 Å². The Hall–Kier alpha value is -4.43. The van der Waals surface area contributed by atoms with E-state index in [4.69, 9.17) is 8.92 Å². The highest BCUT2D eigenvalue weighted by Crippen LogP contribution is 2.22. The lowest BCUT2D eigenvalue weighted by Crippen LogP contribution is -2.17. The number of para-hydroxylation sites is 1. The number of carbonyl (C=O) groups is 1. The van der Waals surface area contributed by atoms with Crippen LogP contribution < -0.4 is 14.3 Å². The van der Waals surface area contributed by atoms with E-state index in [1.165, 1.54) is 30.0 Å². The van der Waals surface area contributed by atoms with Crippen LogP contribution >= 0.6 is 0 Å². The van der Waals surface area contributed by atoms with Crippen molar-refractivity contribution in [3.8, 4) is 11.5 Å². The smallest absolute Gasteiger partial charge is 0.339 e. The van der Waals surface area contributed by atoms with Gasteiger partial charge in [0.25, 0.3) is 5.91 Å². The minimum Gasteiger partial charge on any atom is -0.489 e. The molecule has 0 aromatic heterocycles. The summed E-state index contributed by atoms with van der Waals surface area (Å²) in [6.45, 7) is 2.46. The van der Waals surface area contributed by atoms with E-state index in [2.05, 4.69) is 10.5 Å². The van der Waals surface area contributed by atoms with Gasteiger partial charge in [0, 0.05) is 11.1 Å². The van der Waals surface area contributed by atoms with Crippen molar-refractivity contribution in [2.75, 3.05) is 0 Å². The molecule has 0 heterocycles. The third kappa shape index (κ3) is 6.58. The van der Waals surface area contributed by atoms with Crippen molar-refractivity contribution in [3.63, 3.8) is 0 Å². The predicted octanol–water partition coefficient (Wildman–Crippen LogP) is 5.11. The first-order chi connectivity index (χ1) is 17.4. The molecule has 0 aliphatic rings. The molecule has 1 N–H and O–H groups in total. The second kappa shape index (κ2) is 11.3. The van der Waals surface area contributed by atoms with E-state index in [1.807, 2.05) is 31.2 Å². The summed E-state index contributed by atoms with van der Waals surface area (Å²) in [5.41, 5.74) is 5.46. The van der Waals surface area contributed by atoms with Crippen molar-refractivity contribution >= 4 is 22.2 Å². The van der Waals surface area contributed by atoms with Gasteiger partial charge in [-0.05, 0) is 61.0 Å². The fourth-order valence-electron chi connectivity index (χ4n) is 3.20. The Balaban J connectivity index is 1.36. The average Bonchev–Trinajstić information content (AvgIpc) is 2.90. The van der Waals surface area contributed by atoms with Crippen LogP contribution in [0.4, 0.5) is 0 Å². The summed E-state index contributed by atoms with van der Waals surface area (Å²) in [6.07, 6.45) is 1.33. The molecule has 0 aliphatic heterocycles. The van der Waals surface area contributed by atoms with Crippen LogP contribution in [-0.4, -0.2) is 20.5 Å². The Kier molecular flexibility index (Phi) is 7.77. The number of ether oxygens (including phenoxy) is 1. The molecule has 7 nitrogen and oxygen atoms in total. The minimum atomic E-state index is -4.01. The molecular formula is C28H24N2O5S. The zero-order valence-electron chi connectivity index (χ0n) is 19.5. The van der Waals surface area contributed by atoms with Gasteiger partial charge >= 0.3 is 10.1 Å². The van der Waals surface area contributed by atoms with Crippen LogP contribution in [0.25, 0.3) is 0 Å². The predicted molar refractivity (Wildman–Crippen MR) is 138 cm³/mol. The van der Waals surface area contributed by atoms with Crippen LogP contribution in [-0.2, 0) is 16.7 Å². The maximum absolute atomic E-state index is 12.5. The Labute approximate surface area is 210 Å². The fraction of sp³-hybridized carbons (Fsp3) is 0.0714. The zero-order valence-corrected chi connectivity index (χ0v) is 20.3. The number of hydrogen-bond acceptors (Lipinski definition) is 6. The molecule has 0 bridgehead atoms. The fourth-order valence-corrected chi connectivity index (χ4v) is 4.17.